The topological polar surface area (TPSA) is 72.2 Å². The van der Waals surface area contributed by atoms with Gasteiger partial charge in [-0.25, -0.2) is 4.79 Å². The summed E-state index contributed by atoms with van der Waals surface area (Å²) in [5.74, 6) is -0.392. The number of carbonyl (C=O) groups excluding carboxylic acids is 1. The normalized spacial score (nSPS) is 10.6. The monoisotopic (exact) mass is 314 g/mol. The maximum absolute atomic E-state index is 12.1. The molecule has 5 nitrogen and oxygen atoms in total. The van der Waals surface area contributed by atoms with E-state index in [4.69, 9.17) is 16.0 Å². The van der Waals surface area contributed by atoms with Crippen molar-refractivity contribution in [3.63, 3.8) is 0 Å². The van der Waals surface area contributed by atoms with E-state index in [1.54, 1.807) is 24.3 Å². The molecule has 0 fully saturated rings. The lowest BCUT2D eigenvalue weighted by molar-refractivity contribution is 0.102. The summed E-state index contributed by atoms with van der Waals surface area (Å²) in [6.07, 6.45) is 1.46. The van der Waals surface area contributed by atoms with Crippen LogP contribution in [-0.2, 0) is 0 Å². The number of amides is 1. The SMILES string of the molecule is Cc1cc(=O)oc2cc(NC(=O)c3cc(Cl)ccn3)ccc12. The maximum Gasteiger partial charge on any atom is 0.336 e. The van der Waals surface area contributed by atoms with Gasteiger partial charge in [0.15, 0.2) is 0 Å². The predicted molar refractivity (Wildman–Crippen MR) is 84.4 cm³/mol. The van der Waals surface area contributed by atoms with Crippen LogP contribution in [0, 0.1) is 6.92 Å². The summed E-state index contributed by atoms with van der Waals surface area (Å²) in [7, 11) is 0. The minimum atomic E-state index is -0.426. The molecule has 110 valence electrons. The van der Waals surface area contributed by atoms with Gasteiger partial charge in [-0.3, -0.25) is 9.78 Å². The highest BCUT2D eigenvalue weighted by Gasteiger charge is 2.10. The van der Waals surface area contributed by atoms with E-state index in [1.165, 1.54) is 18.3 Å². The number of aryl methyl sites for hydroxylation is 1. The standard InChI is InChI=1S/C16H11ClN2O3/c1-9-6-15(20)22-14-8-11(2-3-12(9)14)19-16(21)13-7-10(17)4-5-18-13/h2-8H,1H3,(H,19,21). The molecule has 6 heteroatoms. The van der Waals surface area contributed by atoms with Crippen LogP contribution < -0.4 is 10.9 Å². The third kappa shape index (κ3) is 2.84. The van der Waals surface area contributed by atoms with Crippen molar-refractivity contribution in [2.45, 2.75) is 6.92 Å². The number of carbonyl (C=O) groups is 1. The average molecular weight is 315 g/mol. The Balaban J connectivity index is 1.94. The molecule has 0 atom stereocenters. The van der Waals surface area contributed by atoms with Gasteiger partial charge in [-0.05, 0) is 36.8 Å². The van der Waals surface area contributed by atoms with E-state index < -0.39 is 11.5 Å². The zero-order valence-corrected chi connectivity index (χ0v) is 12.3. The summed E-state index contributed by atoms with van der Waals surface area (Å²) in [5.41, 5.74) is 1.53. The lowest BCUT2D eigenvalue weighted by Gasteiger charge is -2.06. The molecule has 0 aliphatic heterocycles. The van der Waals surface area contributed by atoms with Gasteiger partial charge >= 0.3 is 5.63 Å². The Hall–Kier alpha value is -2.66. The van der Waals surface area contributed by atoms with Crippen LogP contribution in [0.4, 0.5) is 5.69 Å². The van der Waals surface area contributed by atoms with Gasteiger partial charge in [-0.15, -0.1) is 0 Å². The van der Waals surface area contributed by atoms with Crippen molar-refractivity contribution in [2.24, 2.45) is 0 Å². The zero-order valence-electron chi connectivity index (χ0n) is 11.6. The van der Waals surface area contributed by atoms with Crippen molar-refractivity contribution in [3.05, 3.63) is 69.3 Å². The van der Waals surface area contributed by atoms with Crippen LogP contribution in [0.3, 0.4) is 0 Å². The molecular formula is C16H11ClN2O3. The molecule has 0 saturated heterocycles. The molecule has 1 N–H and O–H groups in total. The second-order valence-electron chi connectivity index (χ2n) is 4.77. The van der Waals surface area contributed by atoms with Crippen LogP contribution in [0.2, 0.25) is 5.02 Å². The van der Waals surface area contributed by atoms with Crippen molar-refractivity contribution in [3.8, 4) is 0 Å². The molecule has 0 aliphatic rings. The van der Waals surface area contributed by atoms with Gasteiger partial charge in [-0.1, -0.05) is 11.6 Å². The summed E-state index contributed by atoms with van der Waals surface area (Å²) in [5, 5.41) is 3.94. The van der Waals surface area contributed by atoms with E-state index >= 15 is 0 Å². The average Bonchev–Trinajstić information content (AvgIpc) is 2.46. The first-order valence-corrected chi connectivity index (χ1v) is 6.88. The summed E-state index contributed by atoms with van der Waals surface area (Å²) in [6, 6.07) is 9.61. The number of aromatic nitrogens is 1. The molecule has 0 saturated carbocycles. The summed E-state index contributed by atoms with van der Waals surface area (Å²) in [6.45, 7) is 1.83. The van der Waals surface area contributed by atoms with Gasteiger partial charge < -0.3 is 9.73 Å². The molecule has 0 bridgehead atoms. The molecular weight excluding hydrogens is 304 g/mol. The van der Waals surface area contributed by atoms with Gasteiger partial charge in [0.05, 0.1) is 0 Å². The summed E-state index contributed by atoms with van der Waals surface area (Å²) >= 11 is 5.84. The second-order valence-corrected chi connectivity index (χ2v) is 5.21. The van der Waals surface area contributed by atoms with Crippen LogP contribution in [0.1, 0.15) is 16.1 Å². The van der Waals surface area contributed by atoms with Crippen LogP contribution in [0.5, 0.6) is 0 Å². The van der Waals surface area contributed by atoms with Crippen LogP contribution in [0.15, 0.2) is 51.8 Å². The zero-order chi connectivity index (χ0) is 15.7. The third-order valence-corrected chi connectivity index (χ3v) is 3.40. The molecule has 22 heavy (non-hydrogen) atoms. The Bertz CT molecular complexity index is 934. The Kier molecular flexibility index (Phi) is 3.65. The quantitative estimate of drug-likeness (QED) is 0.736. The van der Waals surface area contributed by atoms with Gasteiger partial charge in [0.1, 0.15) is 11.3 Å². The number of rotatable bonds is 2. The van der Waals surface area contributed by atoms with Crippen molar-refractivity contribution < 1.29 is 9.21 Å². The molecule has 0 unspecified atom stereocenters. The van der Waals surface area contributed by atoms with E-state index in [0.717, 1.165) is 10.9 Å². The van der Waals surface area contributed by atoms with Crippen LogP contribution in [-0.4, -0.2) is 10.9 Å². The minimum absolute atomic E-state index is 0.207. The molecule has 2 heterocycles. The number of halogens is 1. The molecule has 0 spiro atoms. The number of nitrogens with one attached hydrogen (secondary N) is 1. The number of benzene rings is 1. The van der Waals surface area contributed by atoms with Gasteiger partial charge in [0.25, 0.3) is 5.91 Å². The fourth-order valence-corrected chi connectivity index (χ4v) is 2.29. The number of pyridine rings is 1. The summed E-state index contributed by atoms with van der Waals surface area (Å²) < 4.78 is 5.15. The van der Waals surface area contributed by atoms with Crippen molar-refractivity contribution in [1.29, 1.82) is 0 Å². The lowest BCUT2D eigenvalue weighted by Crippen LogP contribution is -2.13. The van der Waals surface area contributed by atoms with E-state index in [9.17, 15) is 9.59 Å². The third-order valence-electron chi connectivity index (χ3n) is 3.16. The molecule has 2 aromatic heterocycles. The molecule has 1 aromatic carbocycles. The Morgan fingerprint density at radius 3 is 2.82 bits per heavy atom. The molecule has 1 amide bonds. The van der Waals surface area contributed by atoms with Crippen LogP contribution >= 0.6 is 11.6 Å². The lowest BCUT2D eigenvalue weighted by atomic mass is 10.1. The largest absolute Gasteiger partial charge is 0.423 e. The minimum Gasteiger partial charge on any atom is -0.423 e. The van der Waals surface area contributed by atoms with E-state index in [1.807, 2.05) is 6.92 Å². The van der Waals surface area contributed by atoms with E-state index in [-0.39, 0.29) is 5.69 Å². The Morgan fingerprint density at radius 2 is 2.05 bits per heavy atom. The van der Waals surface area contributed by atoms with E-state index in [0.29, 0.717) is 16.3 Å². The second kappa shape index (κ2) is 5.61. The van der Waals surface area contributed by atoms with Crippen LogP contribution in [0.25, 0.3) is 11.0 Å². The highest BCUT2D eigenvalue weighted by Crippen LogP contribution is 2.21. The fourth-order valence-electron chi connectivity index (χ4n) is 2.13. The maximum atomic E-state index is 12.1. The number of nitrogens with zero attached hydrogens (tertiary/aromatic N) is 1. The first-order chi connectivity index (χ1) is 10.5. The predicted octanol–water partition coefficient (Wildman–Crippen LogP) is 3.40. The highest BCUT2D eigenvalue weighted by molar-refractivity contribution is 6.30. The number of hydrogen-bond acceptors (Lipinski definition) is 4. The summed E-state index contributed by atoms with van der Waals surface area (Å²) in [4.78, 5) is 27.5. The number of anilines is 1. The fraction of sp³-hybridized carbons (Fsp3) is 0.0625. The molecule has 3 rings (SSSR count). The van der Waals surface area contributed by atoms with Gasteiger partial charge in [0.2, 0.25) is 0 Å². The molecule has 3 aromatic rings. The first kappa shape index (κ1) is 14.3. The van der Waals surface area contributed by atoms with Crippen molar-refractivity contribution in [2.75, 3.05) is 5.32 Å². The Morgan fingerprint density at radius 1 is 1.23 bits per heavy atom. The number of fused-ring (bicyclic) bond motifs is 1. The molecule has 0 aliphatic carbocycles. The number of hydrogen-bond donors (Lipinski definition) is 1. The van der Waals surface area contributed by atoms with Gasteiger partial charge in [-0.2, -0.15) is 0 Å². The first-order valence-electron chi connectivity index (χ1n) is 6.50. The smallest absolute Gasteiger partial charge is 0.336 e. The van der Waals surface area contributed by atoms with E-state index in [2.05, 4.69) is 10.3 Å². The Labute approximate surface area is 130 Å². The van der Waals surface area contributed by atoms with Crippen molar-refractivity contribution >= 4 is 34.2 Å². The van der Waals surface area contributed by atoms with Gasteiger partial charge in [0, 0.05) is 34.4 Å². The highest BCUT2D eigenvalue weighted by atomic mass is 35.5. The van der Waals surface area contributed by atoms with Crippen molar-refractivity contribution in [1.82, 2.24) is 4.98 Å². The molecule has 0 radical (unpaired) electrons.